The van der Waals surface area contributed by atoms with Crippen LogP contribution < -0.4 is 0 Å². The molecule has 8 heteroatoms. The summed E-state index contributed by atoms with van der Waals surface area (Å²) in [6.45, 7) is 25.8. The van der Waals surface area contributed by atoms with Gasteiger partial charge in [-0.2, -0.15) is 0 Å². The highest BCUT2D eigenvalue weighted by molar-refractivity contribution is 6.00. The molecule has 8 bridgehead atoms. The number of rotatable bonds is 8. The highest BCUT2D eigenvalue weighted by Crippen LogP contribution is 2.33. The lowest BCUT2D eigenvalue weighted by atomic mass is 10.1. The van der Waals surface area contributed by atoms with Crippen LogP contribution in [0.15, 0.2) is 75.4 Å². The van der Waals surface area contributed by atoms with Crippen LogP contribution >= 0.6 is 0 Å². The van der Waals surface area contributed by atoms with E-state index in [1.54, 1.807) is 30.4 Å². The van der Waals surface area contributed by atoms with Crippen molar-refractivity contribution in [1.29, 1.82) is 0 Å². The van der Waals surface area contributed by atoms with Crippen LogP contribution in [0.4, 0.5) is 0 Å². The maximum Gasteiger partial charge on any atom is 0.164 e. The lowest BCUT2D eigenvalue weighted by molar-refractivity contribution is 1.05. The second-order valence-electron chi connectivity index (χ2n) is 9.54. The molecule has 2 aliphatic heterocycles. The molecule has 0 spiro atoms. The van der Waals surface area contributed by atoms with Gasteiger partial charge in [-0.15, -0.1) is 0 Å². The molecule has 0 fully saturated rings. The summed E-state index contributed by atoms with van der Waals surface area (Å²) in [4.78, 5) is 36.2. The van der Waals surface area contributed by atoms with Crippen molar-refractivity contribution in [3.05, 3.63) is 121 Å². The molecule has 0 amide bonds. The maximum atomic E-state index is 4.99. The average Bonchev–Trinajstić information content (AvgIpc) is 3.69. The molecule has 3 aromatic heterocycles. The smallest absolute Gasteiger partial charge is 0.164 e. The summed E-state index contributed by atoms with van der Waals surface area (Å²) in [5, 5.41) is 0. The Morgan fingerprint density at radius 2 is 0.977 bits per heavy atom. The summed E-state index contributed by atoms with van der Waals surface area (Å²) in [5.74, 6) is 1.91. The van der Waals surface area contributed by atoms with Gasteiger partial charge in [-0.05, 0) is 20.8 Å². The largest absolute Gasteiger partial charge is 0.324 e. The van der Waals surface area contributed by atoms with Crippen molar-refractivity contribution in [1.82, 2.24) is 39.9 Å². The van der Waals surface area contributed by atoms with Gasteiger partial charge in [-0.25, -0.2) is 29.9 Å². The Kier molecular flexibility index (Phi) is 8.03. The van der Waals surface area contributed by atoms with Crippen molar-refractivity contribution in [2.24, 2.45) is 0 Å². The van der Waals surface area contributed by atoms with Crippen molar-refractivity contribution in [3.8, 4) is 0 Å². The molecule has 5 heterocycles. The summed E-state index contributed by atoms with van der Waals surface area (Å²) in [7, 11) is 0. The molecular formula is C35H32N8. The van der Waals surface area contributed by atoms with Gasteiger partial charge in [0.25, 0.3) is 0 Å². The summed E-state index contributed by atoms with van der Waals surface area (Å²) in [6.07, 6.45) is 20.2. The Balaban J connectivity index is 2.08. The zero-order valence-electron chi connectivity index (χ0n) is 24.6. The fourth-order valence-electron chi connectivity index (χ4n) is 4.99. The first-order valence-electron chi connectivity index (χ1n) is 13.7. The van der Waals surface area contributed by atoms with Gasteiger partial charge in [-0.3, -0.25) is 0 Å². The predicted molar refractivity (Wildman–Crippen MR) is 181 cm³/mol. The van der Waals surface area contributed by atoms with Gasteiger partial charge in [-0.1, -0.05) is 99.7 Å². The lowest BCUT2D eigenvalue weighted by Gasteiger charge is -1.98. The fourth-order valence-corrected chi connectivity index (χ4v) is 4.99. The molecule has 212 valence electrons. The quantitative estimate of drug-likeness (QED) is 0.267. The zero-order valence-corrected chi connectivity index (χ0v) is 24.6. The number of aromatic nitrogens is 8. The minimum absolute atomic E-state index is 0.450. The fraction of sp³-hybridized carbons (Fsp3) is 0.0857. The first-order chi connectivity index (χ1) is 20.9. The molecular weight excluding hydrogens is 532 g/mol. The van der Waals surface area contributed by atoms with Crippen LogP contribution in [0.2, 0.25) is 0 Å². The van der Waals surface area contributed by atoms with Gasteiger partial charge in [0.05, 0.1) is 0 Å². The Bertz CT molecular complexity index is 2040. The van der Waals surface area contributed by atoms with Crippen molar-refractivity contribution >= 4 is 69.2 Å². The molecule has 0 atom stereocenters. The van der Waals surface area contributed by atoms with Gasteiger partial charge in [0, 0.05) is 44.5 Å². The first kappa shape index (κ1) is 28.8. The molecule has 43 heavy (non-hydrogen) atoms. The summed E-state index contributed by atoms with van der Waals surface area (Å²) >= 11 is 0. The topological polar surface area (TPSA) is 109 Å². The number of fused-ring (bicyclic) bond motifs is 8. The van der Waals surface area contributed by atoms with E-state index in [1.165, 1.54) is 0 Å². The number of allylic oxidation sites excluding steroid dienone is 11. The maximum absolute atomic E-state index is 4.99. The van der Waals surface area contributed by atoms with E-state index in [0.717, 1.165) is 44.5 Å². The second kappa shape index (κ2) is 12.0. The van der Waals surface area contributed by atoms with E-state index in [9.17, 15) is 0 Å². The molecule has 2 aliphatic rings. The molecule has 0 saturated heterocycles. The van der Waals surface area contributed by atoms with Crippen molar-refractivity contribution in [2.45, 2.75) is 20.8 Å². The molecule has 0 aromatic carbocycles. The minimum atomic E-state index is 0.450. The normalized spacial score (nSPS) is 13.5. The third-order valence-corrected chi connectivity index (χ3v) is 7.00. The van der Waals surface area contributed by atoms with E-state index < -0.39 is 0 Å². The van der Waals surface area contributed by atoms with Crippen LogP contribution in [0, 0.1) is 0 Å². The van der Waals surface area contributed by atoms with Crippen molar-refractivity contribution in [3.63, 3.8) is 0 Å². The van der Waals surface area contributed by atoms with E-state index in [-0.39, 0.29) is 0 Å². The van der Waals surface area contributed by atoms with Crippen molar-refractivity contribution in [2.75, 3.05) is 0 Å². The van der Waals surface area contributed by atoms with Crippen LogP contribution in [-0.2, 0) is 0 Å². The third kappa shape index (κ3) is 4.99. The minimum Gasteiger partial charge on any atom is -0.324 e. The Labute approximate surface area is 250 Å². The second-order valence-corrected chi connectivity index (χ2v) is 9.54. The summed E-state index contributed by atoms with van der Waals surface area (Å²) < 4.78 is 0. The van der Waals surface area contributed by atoms with E-state index in [1.807, 2.05) is 57.2 Å². The predicted octanol–water partition coefficient (Wildman–Crippen LogP) is 8.20. The number of H-pyrrole nitrogens is 2. The van der Waals surface area contributed by atoms with Gasteiger partial charge in [0.15, 0.2) is 23.3 Å². The Morgan fingerprint density at radius 1 is 0.488 bits per heavy atom. The third-order valence-electron chi connectivity index (χ3n) is 7.00. The van der Waals surface area contributed by atoms with E-state index in [2.05, 4.69) is 42.9 Å². The molecule has 0 radical (unpaired) electrons. The lowest BCUT2D eigenvalue weighted by Crippen LogP contribution is -1.91. The van der Waals surface area contributed by atoms with Crippen molar-refractivity contribution < 1.29 is 0 Å². The highest BCUT2D eigenvalue weighted by atomic mass is 15.1. The average molecular weight is 565 g/mol. The number of nitrogens with zero attached hydrogens (tertiary/aromatic N) is 6. The first-order valence-corrected chi connectivity index (χ1v) is 13.7. The highest BCUT2D eigenvalue weighted by Gasteiger charge is 2.23. The van der Waals surface area contributed by atoms with E-state index in [4.69, 9.17) is 29.9 Å². The van der Waals surface area contributed by atoms with Crippen LogP contribution in [0.3, 0.4) is 0 Å². The monoisotopic (exact) mass is 564 g/mol. The summed E-state index contributed by atoms with van der Waals surface area (Å²) in [6, 6.07) is 0. The standard InChI is InChI=1S/C35H32N8/c1-9-16-19-25-20(8)28-36-33(25)43-35-27(18-11-3)24(15-7)32(42-35)40-30-22(13-5)21(12-4)29(38-30)39-31-23(14-6)26(17-10-2)34(37-28)41-31/h9-19H,1,4-7H2,2-3,8H3,(H2,36,37,38,39,40,41,42,43)/b17-10-,18-11-,19-16-. The van der Waals surface area contributed by atoms with Gasteiger partial charge in [0.2, 0.25) is 0 Å². The van der Waals surface area contributed by atoms with E-state index >= 15 is 0 Å². The molecule has 2 N–H and O–H groups in total. The van der Waals surface area contributed by atoms with Gasteiger partial charge < -0.3 is 9.97 Å². The van der Waals surface area contributed by atoms with Crippen LogP contribution in [0.1, 0.15) is 66.3 Å². The van der Waals surface area contributed by atoms with Crippen LogP contribution in [-0.4, -0.2) is 39.9 Å². The van der Waals surface area contributed by atoms with Gasteiger partial charge in [0.1, 0.15) is 22.6 Å². The Morgan fingerprint density at radius 3 is 1.51 bits per heavy atom. The Hall–Kier alpha value is -5.76. The SMILES string of the molecule is C=C/C=C\C1=C(C)c2nc1nc1[nH]c(nc3[nH]c(nc4nc(n2)C(/C=C\C)=C4C=C)c(C=C)c3C=C)c(C=C)c1/C=C\C. The van der Waals surface area contributed by atoms with Gasteiger partial charge >= 0.3 is 0 Å². The number of nitrogens with one attached hydrogen (secondary N) is 2. The van der Waals surface area contributed by atoms with E-state index in [0.29, 0.717) is 45.9 Å². The number of hydrogen-bond acceptors (Lipinski definition) is 6. The number of hydrogen-bond donors (Lipinski definition) is 2. The van der Waals surface area contributed by atoms with Crippen LogP contribution in [0.25, 0.3) is 69.2 Å². The molecule has 0 unspecified atom stereocenters. The summed E-state index contributed by atoms with van der Waals surface area (Å²) in [5.41, 5.74) is 8.49. The molecule has 3 aromatic rings. The molecule has 0 saturated carbocycles. The van der Waals surface area contributed by atoms with Crippen LogP contribution in [0.5, 0.6) is 0 Å². The molecule has 8 nitrogen and oxygen atoms in total. The molecule has 5 rings (SSSR count). The number of aromatic amines is 2. The molecule has 0 aliphatic carbocycles. The zero-order chi connectivity index (χ0) is 30.7.